The molecule has 0 aromatic carbocycles. The number of aromatic nitrogens is 4. The first-order chi connectivity index (χ1) is 17.2. The van der Waals surface area contributed by atoms with Crippen LogP contribution in [0, 0.1) is 6.92 Å². The number of carbonyl (C=O) groups is 2. The van der Waals surface area contributed by atoms with Gasteiger partial charge in [0.2, 0.25) is 5.91 Å². The fourth-order valence-corrected chi connectivity index (χ4v) is 4.62. The molecule has 11 nitrogen and oxygen atoms in total. The number of piperidine rings is 1. The molecule has 1 atom stereocenters. The maximum absolute atomic E-state index is 12.8. The lowest BCUT2D eigenvalue weighted by Gasteiger charge is -2.32. The molecule has 196 valence electrons. The number of aryl methyl sites for hydroxylation is 1. The van der Waals surface area contributed by atoms with E-state index < -0.39 is 0 Å². The Kier molecular flexibility index (Phi) is 8.07. The molecule has 2 aromatic rings. The number of imidazole rings is 1. The molecule has 2 saturated heterocycles. The van der Waals surface area contributed by atoms with Crippen molar-refractivity contribution in [1.29, 1.82) is 0 Å². The lowest BCUT2D eigenvalue weighted by molar-refractivity contribution is -0.125. The van der Waals surface area contributed by atoms with Crippen LogP contribution in [0.4, 0.5) is 10.6 Å². The van der Waals surface area contributed by atoms with Crippen LogP contribution in [0.15, 0.2) is 18.5 Å². The van der Waals surface area contributed by atoms with Crippen molar-refractivity contribution in [3.8, 4) is 0 Å². The first-order valence-corrected chi connectivity index (χ1v) is 12.7. The topological polar surface area (TPSA) is 109 Å². The van der Waals surface area contributed by atoms with Gasteiger partial charge in [-0.05, 0) is 47.7 Å². The summed E-state index contributed by atoms with van der Waals surface area (Å²) in [5.41, 5.74) is 1.60. The number of nitrogens with zero attached hydrogens (tertiary/aromatic N) is 7. The third-order valence-electron chi connectivity index (χ3n) is 6.64. The second-order valence-corrected chi connectivity index (χ2v) is 10.2. The number of carbonyl (C=O) groups excluding carboxylic acids is 2. The maximum atomic E-state index is 12.8. The standard InChI is InChI=1S/C25H38N8O3/c1-17(2)33-16-26-22-23(27-18(3)28-24(22)33)29-19-8-12-31(13-9-19)25(35)36-20-10-14-32(15-20)21(34)7-6-11-30(4)5/h6-7,16-17,19-20H,8-15H2,1-5H3,(H,27,28,29)/b7-6+/t20-/m1/s1. The van der Waals surface area contributed by atoms with Crippen molar-refractivity contribution in [2.75, 3.05) is 52.1 Å². The number of likely N-dealkylation sites (tertiary alicyclic amines) is 2. The van der Waals surface area contributed by atoms with E-state index in [1.807, 2.05) is 42.9 Å². The molecule has 4 heterocycles. The summed E-state index contributed by atoms with van der Waals surface area (Å²) >= 11 is 0. The molecule has 2 fully saturated rings. The molecule has 2 aliphatic heterocycles. The summed E-state index contributed by atoms with van der Waals surface area (Å²) in [4.78, 5) is 44.3. The second-order valence-electron chi connectivity index (χ2n) is 10.2. The quantitative estimate of drug-likeness (QED) is 0.580. The van der Waals surface area contributed by atoms with Crippen LogP contribution in [0.1, 0.15) is 45.0 Å². The Balaban J connectivity index is 1.26. The Morgan fingerprint density at radius 1 is 1.17 bits per heavy atom. The van der Waals surface area contributed by atoms with Gasteiger partial charge in [0, 0.05) is 50.8 Å². The van der Waals surface area contributed by atoms with Crippen LogP contribution < -0.4 is 5.32 Å². The smallest absolute Gasteiger partial charge is 0.410 e. The minimum atomic E-state index is -0.299. The summed E-state index contributed by atoms with van der Waals surface area (Å²) in [5.74, 6) is 1.41. The Bertz CT molecular complexity index is 1100. The van der Waals surface area contributed by atoms with Crippen molar-refractivity contribution < 1.29 is 14.3 Å². The SMILES string of the molecule is Cc1nc(NC2CCN(C(=O)O[C@@H]3CCN(C(=O)/C=C/CN(C)C)C3)CC2)c2ncn(C(C)C)c2n1. The number of likely N-dealkylation sites (N-methyl/N-ethyl adjacent to an activating group) is 1. The fraction of sp³-hybridized carbons (Fsp3) is 0.640. The van der Waals surface area contributed by atoms with Gasteiger partial charge in [0.1, 0.15) is 17.4 Å². The average molecular weight is 499 g/mol. The molecule has 0 radical (unpaired) electrons. The average Bonchev–Trinajstić information content (AvgIpc) is 3.46. The van der Waals surface area contributed by atoms with Gasteiger partial charge in [0.05, 0.1) is 12.9 Å². The van der Waals surface area contributed by atoms with Crippen LogP contribution in [0.2, 0.25) is 0 Å². The predicted octanol–water partition coefficient (Wildman–Crippen LogP) is 2.45. The van der Waals surface area contributed by atoms with Crippen molar-refractivity contribution >= 4 is 29.0 Å². The molecule has 1 N–H and O–H groups in total. The third-order valence-corrected chi connectivity index (χ3v) is 6.64. The van der Waals surface area contributed by atoms with Crippen LogP contribution in [0.25, 0.3) is 11.2 Å². The largest absolute Gasteiger partial charge is 0.444 e. The molecule has 0 aliphatic carbocycles. The predicted molar refractivity (Wildman–Crippen MR) is 138 cm³/mol. The van der Waals surface area contributed by atoms with Crippen LogP contribution >= 0.6 is 0 Å². The number of nitrogens with one attached hydrogen (secondary N) is 1. The Labute approximate surface area is 212 Å². The Morgan fingerprint density at radius 3 is 2.58 bits per heavy atom. The first kappa shape index (κ1) is 25.9. The lowest BCUT2D eigenvalue weighted by atomic mass is 10.1. The summed E-state index contributed by atoms with van der Waals surface area (Å²) in [6.07, 6.45) is 6.95. The number of hydrogen-bond donors (Lipinski definition) is 1. The highest BCUT2D eigenvalue weighted by molar-refractivity contribution is 5.88. The van der Waals surface area contributed by atoms with Crippen LogP contribution in [0.3, 0.4) is 0 Å². The van der Waals surface area contributed by atoms with Crippen molar-refractivity contribution in [2.24, 2.45) is 0 Å². The molecule has 11 heteroatoms. The maximum Gasteiger partial charge on any atom is 0.410 e. The second kappa shape index (κ2) is 11.2. The van der Waals surface area contributed by atoms with Gasteiger partial charge in [0.15, 0.2) is 11.5 Å². The molecule has 2 aliphatic rings. The van der Waals surface area contributed by atoms with Crippen LogP contribution in [-0.2, 0) is 9.53 Å². The molecular formula is C25H38N8O3. The minimum Gasteiger partial charge on any atom is -0.444 e. The molecule has 0 unspecified atom stereocenters. The van der Waals surface area contributed by atoms with Gasteiger partial charge >= 0.3 is 6.09 Å². The van der Waals surface area contributed by atoms with Crippen molar-refractivity contribution in [2.45, 2.75) is 58.2 Å². The number of hydrogen-bond acceptors (Lipinski definition) is 8. The fourth-order valence-electron chi connectivity index (χ4n) is 4.62. The summed E-state index contributed by atoms with van der Waals surface area (Å²) in [6.45, 7) is 9.06. The zero-order valence-electron chi connectivity index (χ0n) is 22.0. The zero-order chi connectivity index (χ0) is 25.8. The van der Waals surface area contributed by atoms with Gasteiger partial charge in [-0.3, -0.25) is 4.79 Å². The van der Waals surface area contributed by atoms with E-state index in [1.165, 1.54) is 0 Å². The van der Waals surface area contributed by atoms with Crippen LogP contribution in [0.5, 0.6) is 0 Å². The molecule has 4 rings (SSSR count). The molecule has 0 bridgehead atoms. The van der Waals surface area contributed by atoms with E-state index in [9.17, 15) is 9.59 Å². The van der Waals surface area contributed by atoms with Gasteiger partial charge in [-0.1, -0.05) is 6.08 Å². The first-order valence-electron chi connectivity index (χ1n) is 12.7. The number of anilines is 1. The zero-order valence-corrected chi connectivity index (χ0v) is 22.0. The third kappa shape index (κ3) is 6.13. The van der Waals surface area contributed by atoms with Crippen LogP contribution in [-0.4, -0.2) is 105 Å². The molecule has 36 heavy (non-hydrogen) atoms. The number of rotatable bonds is 7. The summed E-state index contributed by atoms with van der Waals surface area (Å²) in [5, 5.41) is 3.53. The van der Waals surface area contributed by atoms with E-state index in [1.54, 1.807) is 15.9 Å². The molecular weight excluding hydrogens is 460 g/mol. The van der Waals surface area contributed by atoms with E-state index in [0.717, 1.165) is 29.8 Å². The monoisotopic (exact) mass is 498 g/mol. The van der Waals surface area contributed by atoms with Crippen molar-refractivity contribution in [3.63, 3.8) is 0 Å². The van der Waals surface area contributed by atoms with Gasteiger partial charge in [-0.25, -0.2) is 19.7 Å². The van der Waals surface area contributed by atoms with Gasteiger partial charge < -0.3 is 29.3 Å². The molecule has 0 saturated carbocycles. The van der Waals surface area contributed by atoms with Crippen molar-refractivity contribution in [3.05, 3.63) is 24.3 Å². The summed E-state index contributed by atoms with van der Waals surface area (Å²) in [7, 11) is 3.91. The Morgan fingerprint density at radius 2 is 1.89 bits per heavy atom. The normalized spacial score (nSPS) is 19.2. The van der Waals surface area contributed by atoms with E-state index >= 15 is 0 Å². The summed E-state index contributed by atoms with van der Waals surface area (Å²) < 4.78 is 7.78. The number of ether oxygens (including phenoxy) is 1. The lowest BCUT2D eigenvalue weighted by Crippen LogP contribution is -2.44. The number of amides is 2. The molecule has 0 spiro atoms. The minimum absolute atomic E-state index is 0.0328. The Hall–Kier alpha value is -3.21. The van der Waals surface area contributed by atoms with E-state index in [-0.39, 0.29) is 30.2 Å². The molecule has 2 aromatic heterocycles. The highest BCUT2D eigenvalue weighted by Gasteiger charge is 2.31. The highest BCUT2D eigenvalue weighted by Crippen LogP contribution is 2.24. The van der Waals surface area contributed by atoms with E-state index in [4.69, 9.17) is 4.74 Å². The molecule has 2 amide bonds. The van der Waals surface area contributed by atoms with Gasteiger partial charge in [0.25, 0.3) is 0 Å². The van der Waals surface area contributed by atoms with E-state index in [0.29, 0.717) is 45.0 Å². The summed E-state index contributed by atoms with van der Waals surface area (Å²) in [6, 6.07) is 0.445. The van der Waals surface area contributed by atoms with E-state index in [2.05, 4.69) is 34.1 Å². The highest BCUT2D eigenvalue weighted by atomic mass is 16.6. The van der Waals surface area contributed by atoms with Gasteiger partial charge in [-0.15, -0.1) is 0 Å². The van der Waals surface area contributed by atoms with Crippen molar-refractivity contribution in [1.82, 2.24) is 34.2 Å². The number of fused-ring (bicyclic) bond motifs is 1. The van der Waals surface area contributed by atoms with Gasteiger partial charge in [-0.2, -0.15) is 0 Å².